The number of nitrogens with zero attached hydrogens (tertiary/aromatic N) is 1. The second-order valence-corrected chi connectivity index (χ2v) is 2.67. The van der Waals surface area contributed by atoms with Crippen LogP contribution in [0.4, 0.5) is 5.69 Å². The highest BCUT2D eigenvalue weighted by atomic mass is 16.5. The lowest BCUT2D eigenvalue weighted by Gasteiger charge is -2.11. The largest absolute Gasteiger partial charge is 0.281 e. The van der Waals surface area contributed by atoms with Gasteiger partial charge in [0.1, 0.15) is 0 Å². The van der Waals surface area contributed by atoms with E-state index in [-0.39, 0.29) is 5.91 Å². The predicted octanol–water partition coefficient (Wildman–Crippen LogP) is 1.74. The smallest absolute Gasteiger partial charge is 0.247 e. The Morgan fingerprint density at radius 2 is 1.83 bits per heavy atom. The molecule has 0 aromatic heterocycles. The normalized spacial score (nSPS) is 9.58. The summed E-state index contributed by atoms with van der Waals surface area (Å²) in [6, 6.07) is 7.05. The Bertz CT molecular complexity index is 279. The molecule has 0 saturated heterocycles. The monoisotopic (exact) mass is 165 g/mol. The van der Waals surface area contributed by atoms with Gasteiger partial charge < -0.3 is 0 Å². The molecule has 0 saturated carbocycles. The van der Waals surface area contributed by atoms with Gasteiger partial charge in [0.15, 0.2) is 0 Å². The minimum atomic E-state index is -0.390. The quantitative estimate of drug-likeness (QED) is 0.508. The van der Waals surface area contributed by atoms with Crippen LogP contribution in [0.1, 0.15) is 12.5 Å². The second-order valence-electron chi connectivity index (χ2n) is 2.67. The molecule has 1 aromatic rings. The summed E-state index contributed by atoms with van der Waals surface area (Å²) in [6.45, 7) is 3.25. The van der Waals surface area contributed by atoms with E-state index < -0.39 is 0 Å². The van der Waals surface area contributed by atoms with Gasteiger partial charge in [0.05, 0.1) is 5.69 Å². The number of anilines is 1. The van der Waals surface area contributed by atoms with Crippen LogP contribution in [0.25, 0.3) is 0 Å². The first-order valence-electron chi connectivity index (χ1n) is 3.67. The fraction of sp³-hybridized carbons (Fsp3) is 0.222. The highest BCUT2D eigenvalue weighted by molar-refractivity contribution is 5.88. The van der Waals surface area contributed by atoms with Crippen LogP contribution in [0.2, 0.25) is 0 Å². The van der Waals surface area contributed by atoms with Gasteiger partial charge in [0.2, 0.25) is 5.91 Å². The molecule has 0 spiro atoms. The Morgan fingerprint density at radius 3 is 2.25 bits per heavy atom. The Balaban J connectivity index is 2.89. The molecule has 3 heteroatoms. The van der Waals surface area contributed by atoms with Crippen molar-refractivity contribution in [3.63, 3.8) is 0 Å². The van der Waals surface area contributed by atoms with E-state index >= 15 is 0 Å². The van der Waals surface area contributed by atoms with Crippen molar-refractivity contribution < 1.29 is 10.0 Å². The molecule has 1 aromatic carbocycles. The van der Waals surface area contributed by atoms with Crippen LogP contribution >= 0.6 is 0 Å². The first-order valence-corrected chi connectivity index (χ1v) is 3.67. The van der Waals surface area contributed by atoms with Gasteiger partial charge in [-0.15, -0.1) is 0 Å². The SMILES string of the molecule is CC(=O)N(O)c1ccc(C)cc1. The molecule has 0 atom stereocenters. The van der Waals surface area contributed by atoms with Gasteiger partial charge >= 0.3 is 0 Å². The summed E-state index contributed by atoms with van der Waals surface area (Å²) < 4.78 is 0. The van der Waals surface area contributed by atoms with Gasteiger partial charge in [0.25, 0.3) is 0 Å². The topological polar surface area (TPSA) is 40.5 Å². The van der Waals surface area contributed by atoms with Crippen molar-refractivity contribution in [1.82, 2.24) is 0 Å². The van der Waals surface area contributed by atoms with Gasteiger partial charge in [-0.1, -0.05) is 17.7 Å². The summed E-state index contributed by atoms with van der Waals surface area (Å²) in [4.78, 5) is 10.7. The summed E-state index contributed by atoms with van der Waals surface area (Å²) >= 11 is 0. The van der Waals surface area contributed by atoms with Gasteiger partial charge in [-0.3, -0.25) is 10.0 Å². The van der Waals surface area contributed by atoms with E-state index in [2.05, 4.69) is 0 Å². The molecule has 0 radical (unpaired) electrons. The fourth-order valence-corrected chi connectivity index (χ4v) is 0.868. The van der Waals surface area contributed by atoms with Gasteiger partial charge in [0, 0.05) is 6.92 Å². The third-order valence-corrected chi connectivity index (χ3v) is 1.58. The second kappa shape index (κ2) is 3.36. The molecule has 0 unspecified atom stereocenters. The van der Waals surface area contributed by atoms with Crippen LogP contribution in [-0.4, -0.2) is 11.1 Å². The lowest BCUT2D eigenvalue weighted by molar-refractivity contribution is -0.121. The number of amides is 1. The van der Waals surface area contributed by atoms with E-state index in [4.69, 9.17) is 0 Å². The van der Waals surface area contributed by atoms with Gasteiger partial charge in [-0.2, -0.15) is 5.06 Å². The third-order valence-electron chi connectivity index (χ3n) is 1.58. The van der Waals surface area contributed by atoms with Crippen LogP contribution in [0.3, 0.4) is 0 Å². The van der Waals surface area contributed by atoms with Crippen LogP contribution in [0.15, 0.2) is 24.3 Å². The zero-order valence-electron chi connectivity index (χ0n) is 7.11. The molecule has 3 nitrogen and oxygen atoms in total. The summed E-state index contributed by atoms with van der Waals surface area (Å²) in [6.07, 6.45) is 0. The van der Waals surface area contributed by atoms with Crippen LogP contribution < -0.4 is 5.06 Å². The first kappa shape index (κ1) is 8.74. The van der Waals surface area contributed by atoms with Crippen molar-refractivity contribution in [1.29, 1.82) is 0 Å². The van der Waals surface area contributed by atoms with Crippen molar-refractivity contribution in [2.24, 2.45) is 0 Å². The number of benzene rings is 1. The number of hydroxylamine groups is 1. The van der Waals surface area contributed by atoms with E-state index in [9.17, 15) is 10.0 Å². The van der Waals surface area contributed by atoms with Gasteiger partial charge in [-0.25, -0.2) is 0 Å². The molecule has 12 heavy (non-hydrogen) atoms. The average Bonchev–Trinajstić information content (AvgIpc) is 2.04. The van der Waals surface area contributed by atoms with Crippen molar-refractivity contribution in [2.45, 2.75) is 13.8 Å². The van der Waals surface area contributed by atoms with Crippen LogP contribution in [-0.2, 0) is 4.79 Å². The van der Waals surface area contributed by atoms with Gasteiger partial charge in [-0.05, 0) is 19.1 Å². The molecule has 1 N–H and O–H groups in total. The summed E-state index contributed by atoms with van der Waals surface area (Å²) in [7, 11) is 0. The molecule has 1 rings (SSSR count). The predicted molar refractivity (Wildman–Crippen MR) is 46.1 cm³/mol. The number of hydrogen-bond donors (Lipinski definition) is 1. The van der Waals surface area contributed by atoms with Crippen molar-refractivity contribution in [3.05, 3.63) is 29.8 Å². The molecule has 1 amide bonds. The van der Waals surface area contributed by atoms with Crippen molar-refractivity contribution in [3.8, 4) is 0 Å². The maximum atomic E-state index is 10.7. The Labute approximate surface area is 71.2 Å². The molecular weight excluding hydrogens is 154 g/mol. The first-order chi connectivity index (χ1) is 5.61. The van der Waals surface area contributed by atoms with E-state index in [1.165, 1.54) is 6.92 Å². The number of aryl methyl sites for hydroxylation is 1. The van der Waals surface area contributed by atoms with Crippen molar-refractivity contribution >= 4 is 11.6 Å². The Morgan fingerprint density at radius 1 is 1.33 bits per heavy atom. The molecule has 0 fully saturated rings. The molecule has 0 aliphatic rings. The number of hydrogen-bond acceptors (Lipinski definition) is 2. The highest BCUT2D eigenvalue weighted by Gasteiger charge is 2.05. The molecule has 0 aliphatic heterocycles. The molecule has 64 valence electrons. The highest BCUT2D eigenvalue weighted by Crippen LogP contribution is 2.12. The molecular formula is C9H11NO2. The maximum Gasteiger partial charge on any atom is 0.247 e. The zero-order chi connectivity index (χ0) is 9.14. The molecule has 0 bridgehead atoms. The van der Waals surface area contributed by atoms with E-state index in [1.54, 1.807) is 12.1 Å². The average molecular weight is 165 g/mol. The number of rotatable bonds is 1. The minimum absolute atomic E-state index is 0.390. The summed E-state index contributed by atoms with van der Waals surface area (Å²) in [5, 5.41) is 9.80. The van der Waals surface area contributed by atoms with Crippen LogP contribution in [0.5, 0.6) is 0 Å². The van der Waals surface area contributed by atoms with Crippen molar-refractivity contribution in [2.75, 3.05) is 5.06 Å². The van der Waals surface area contributed by atoms with E-state index in [0.717, 1.165) is 5.56 Å². The lowest BCUT2D eigenvalue weighted by atomic mass is 10.2. The standard InChI is InChI=1S/C9H11NO2/c1-7-3-5-9(6-4-7)10(12)8(2)11/h3-6,12H,1-2H3. The number of carbonyl (C=O) groups is 1. The minimum Gasteiger partial charge on any atom is -0.281 e. The zero-order valence-corrected chi connectivity index (χ0v) is 7.11. The maximum absolute atomic E-state index is 10.7. The molecule has 0 heterocycles. The van der Waals surface area contributed by atoms with Crippen LogP contribution in [0, 0.1) is 6.92 Å². The van der Waals surface area contributed by atoms with E-state index in [0.29, 0.717) is 10.8 Å². The van der Waals surface area contributed by atoms with E-state index in [1.807, 2.05) is 19.1 Å². The fourth-order valence-electron chi connectivity index (χ4n) is 0.868. The number of carbonyl (C=O) groups excluding carboxylic acids is 1. The molecule has 0 aliphatic carbocycles. The summed E-state index contributed by atoms with van der Waals surface area (Å²) in [5.41, 5.74) is 1.59. The lowest BCUT2D eigenvalue weighted by Crippen LogP contribution is -2.23. The Kier molecular flexibility index (Phi) is 2.45. The summed E-state index contributed by atoms with van der Waals surface area (Å²) in [5.74, 6) is -0.390. The Hall–Kier alpha value is -1.35. The third kappa shape index (κ3) is 1.83.